The van der Waals surface area contributed by atoms with Crippen molar-refractivity contribution in [2.24, 2.45) is 4.99 Å². The lowest BCUT2D eigenvalue weighted by Crippen LogP contribution is -2.04. The fourth-order valence-electron chi connectivity index (χ4n) is 2.98. The van der Waals surface area contributed by atoms with Crippen molar-refractivity contribution >= 4 is 28.4 Å². The number of unbranched alkanes of at least 4 members (excludes halogenated alkanes) is 1. The van der Waals surface area contributed by atoms with E-state index >= 15 is 0 Å². The molecule has 1 aliphatic rings. The molecule has 0 aliphatic carbocycles. The average Bonchev–Trinajstić information content (AvgIpc) is 3.20. The highest BCUT2D eigenvalue weighted by atomic mass is 15.0. The minimum absolute atomic E-state index is 0.980. The minimum Gasteiger partial charge on any atom is -0.385 e. The number of hydrogen-bond donors (Lipinski definition) is 1. The molecular formula is C18H18N4. The van der Waals surface area contributed by atoms with E-state index in [9.17, 15) is 0 Å². The summed E-state index contributed by atoms with van der Waals surface area (Å²) in [6, 6.07) is 10.6. The molecule has 1 aromatic heterocycles. The molecule has 0 fully saturated rings. The number of imidazole rings is 1. The van der Waals surface area contributed by atoms with E-state index in [-0.39, 0.29) is 0 Å². The molecule has 1 N–H and O–H groups in total. The molecule has 0 unspecified atom stereocenters. The van der Waals surface area contributed by atoms with Crippen LogP contribution in [0, 0.1) is 0 Å². The fraction of sp³-hybridized carbons (Fsp3) is 0.222. The van der Waals surface area contributed by atoms with Crippen LogP contribution in [-0.4, -0.2) is 22.3 Å². The smallest absolute Gasteiger partial charge is 0.0945 e. The van der Waals surface area contributed by atoms with Gasteiger partial charge in [0.1, 0.15) is 0 Å². The maximum Gasteiger partial charge on any atom is 0.0945 e. The SMILES string of the molecule is C1=Nc2cccc3c(NCCCCn4ccnc4)ccc1c23. The largest absolute Gasteiger partial charge is 0.385 e. The monoisotopic (exact) mass is 290 g/mol. The second-order valence-electron chi connectivity index (χ2n) is 5.59. The molecule has 110 valence electrons. The Kier molecular flexibility index (Phi) is 3.35. The van der Waals surface area contributed by atoms with Crippen LogP contribution in [0.25, 0.3) is 10.8 Å². The highest BCUT2D eigenvalue weighted by Gasteiger charge is 2.12. The van der Waals surface area contributed by atoms with Crippen molar-refractivity contribution in [2.45, 2.75) is 19.4 Å². The van der Waals surface area contributed by atoms with Gasteiger partial charge >= 0.3 is 0 Å². The van der Waals surface area contributed by atoms with Crippen LogP contribution in [0.3, 0.4) is 0 Å². The van der Waals surface area contributed by atoms with Crippen molar-refractivity contribution in [1.29, 1.82) is 0 Å². The Bertz CT molecular complexity index is 806. The third kappa shape index (κ3) is 2.37. The summed E-state index contributed by atoms with van der Waals surface area (Å²) in [5.74, 6) is 0. The van der Waals surface area contributed by atoms with E-state index in [1.807, 2.05) is 24.9 Å². The van der Waals surface area contributed by atoms with E-state index in [1.165, 1.54) is 22.0 Å². The Morgan fingerprint density at radius 1 is 1.09 bits per heavy atom. The molecule has 4 rings (SSSR count). The number of rotatable bonds is 6. The molecule has 0 saturated carbocycles. The number of nitrogens with zero attached hydrogens (tertiary/aromatic N) is 3. The molecule has 0 bridgehead atoms. The Hall–Kier alpha value is -2.62. The quantitative estimate of drug-likeness (QED) is 0.545. The molecule has 4 nitrogen and oxygen atoms in total. The number of aromatic nitrogens is 2. The Labute approximate surface area is 129 Å². The van der Waals surface area contributed by atoms with Gasteiger partial charge in [0.05, 0.1) is 12.0 Å². The predicted octanol–water partition coefficient (Wildman–Crippen LogP) is 3.99. The molecule has 2 aromatic carbocycles. The highest BCUT2D eigenvalue weighted by molar-refractivity contribution is 6.14. The average molecular weight is 290 g/mol. The van der Waals surface area contributed by atoms with E-state index in [0.717, 1.165) is 31.6 Å². The molecule has 22 heavy (non-hydrogen) atoms. The minimum atomic E-state index is 0.980. The molecule has 0 amide bonds. The van der Waals surface area contributed by atoms with Gasteiger partial charge < -0.3 is 9.88 Å². The number of benzene rings is 2. The first kappa shape index (κ1) is 13.1. The maximum absolute atomic E-state index is 4.46. The van der Waals surface area contributed by atoms with Gasteiger partial charge in [0.25, 0.3) is 0 Å². The van der Waals surface area contributed by atoms with Crippen LogP contribution < -0.4 is 5.32 Å². The van der Waals surface area contributed by atoms with E-state index in [4.69, 9.17) is 0 Å². The van der Waals surface area contributed by atoms with Crippen molar-refractivity contribution in [2.75, 3.05) is 11.9 Å². The lowest BCUT2D eigenvalue weighted by Gasteiger charge is -2.11. The number of aryl methyl sites for hydroxylation is 1. The number of aliphatic imine (C=N–C) groups is 1. The van der Waals surface area contributed by atoms with Crippen LogP contribution in [0.1, 0.15) is 18.4 Å². The number of anilines is 1. The van der Waals surface area contributed by atoms with Crippen molar-refractivity contribution in [3.8, 4) is 0 Å². The summed E-state index contributed by atoms with van der Waals surface area (Å²) in [7, 11) is 0. The fourth-order valence-corrected chi connectivity index (χ4v) is 2.98. The Morgan fingerprint density at radius 3 is 3.00 bits per heavy atom. The van der Waals surface area contributed by atoms with Crippen molar-refractivity contribution in [3.63, 3.8) is 0 Å². The molecule has 0 radical (unpaired) electrons. The van der Waals surface area contributed by atoms with Gasteiger partial charge in [-0.15, -0.1) is 0 Å². The summed E-state index contributed by atoms with van der Waals surface area (Å²) >= 11 is 0. The van der Waals surface area contributed by atoms with Gasteiger partial charge in [-0.05, 0) is 25.0 Å². The lowest BCUT2D eigenvalue weighted by molar-refractivity contribution is 0.621. The summed E-state index contributed by atoms with van der Waals surface area (Å²) in [4.78, 5) is 8.52. The summed E-state index contributed by atoms with van der Waals surface area (Å²) < 4.78 is 2.12. The molecule has 0 atom stereocenters. The van der Waals surface area contributed by atoms with Crippen LogP contribution in [-0.2, 0) is 6.54 Å². The maximum atomic E-state index is 4.46. The second kappa shape index (κ2) is 5.64. The van der Waals surface area contributed by atoms with Crippen LogP contribution >= 0.6 is 0 Å². The van der Waals surface area contributed by atoms with Gasteiger partial charge in [-0.3, -0.25) is 4.99 Å². The predicted molar refractivity (Wildman–Crippen MR) is 91.2 cm³/mol. The molecule has 2 heterocycles. The third-order valence-corrected chi connectivity index (χ3v) is 4.11. The second-order valence-corrected chi connectivity index (χ2v) is 5.59. The zero-order valence-electron chi connectivity index (χ0n) is 12.4. The Morgan fingerprint density at radius 2 is 2.09 bits per heavy atom. The van der Waals surface area contributed by atoms with Gasteiger partial charge in [0.15, 0.2) is 0 Å². The van der Waals surface area contributed by atoms with E-state index < -0.39 is 0 Å². The van der Waals surface area contributed by atoms with Gasteiger partial charge in [-0.25, -0.2) is 4.98 Å². The molecule has 0 saturated heterocycles. The standard InChI is InChI=1S/C18H18N4/c1(2-10-22-11-9-19-13-22)8-20-16-7-6-14-12-21-17-5-3-4-15(16)18(14)17/h3-7,9,11-13,20H,1-2,8,10H2. The van der Waals surface area contributed by atoms with Crippen LogP contribution in [0.5, 0.6) is 0 Å². The van der Waals surface area contributed by atoms with Crippen LogP contribution in [0.4, 0.5) is 11.4 Å². The molecule has 3 aromatic rings. The van der Waals surface area contributed by atoms with Gasteiger partial charge in [-0.2, -0.15) is 0 Å². The van der Waals surface area contributed by atoms with Crippen molar-refractivity contribution in [3.05, 3.63) is 54.6 Å². The van der Waals surface area contributed by atoms with Crippen molar-refractivity contribution < 1.29 is 0 Å². The normalized spacial score (nSPS) is 12.2. The van der Waals surface area contributed by atoms with E-state index in [2.05, 4.69) is 50.2 Å². The highest BCUT2D eigenvalue weighted by Crippen LogP contribution is 2.36. The van der Waals surface area contributed by atoms with E-state index in [0.29, 0.717) is 0 Å². The van der Waals surface area contributed by atoms with E-state index in [1.54, 1.807) is 0 Å². The zero-order valence-corrected chi connectivity index (χ0v) is 12.4. The molecule has 0 spiro atoms. The summed E-state index contributed by atoms with van der Waals surface area (Å²) in [5, 5.41) is 6.10. The zero-order chi connectivity index (χ0) is 14.8. The van der Waals surface area contributed by atoms with Crippen molar-refractivity contribution in [1.82, 2.24) is 9.55 Å². The molecular weight excluding hydrogens is 272 g/mol. The molecule has 1 aliphatic heterocycles. The first-order valence-corrected chi connectivity index (χ1v) is 7.71. The first-order chi connectivity index (χ1) is 10.9. The molecule has 4 heteroatoms. The van der Waals surface area contributed by atoms with Crippen LogP contribution in [0.15, 0.2) is 54.0 Å². The van der Waals surface area contributed by atoms with Gasteiger partial charge in [0.2, 0.25) is 0 Å². The number of hydrogen-bond acceptors (Lipinski definition) is 3. The van der Waals surface area contributed by atoms with Gasteiger partial charge in [-0.1, -0.05) is 18.2 Å². The van der Waals surface area contributed by atoms with Gasteiger partial charge in [0, 0.05) is 53.7 Å². The van der Waals surface area contributed by atoms with Crippen LogP contribution in [0.2, 0.25) is 0 Å². The summed E-state index contributed by atoms with van der Waals surface area (Å²) in [5.41, 5.74) is 3.50. The Balaban J connectivity index is 1.41. The lowest BCUT2D eigenvalue weighted by atomic mass is 10.0. The summed E-state index contributed by atoms with van der Waals surface area (Å²) in [6.07, 6.45) is 9.94. The third-order valence-electron chi connectivity index (χ3n) is 4.11. The number of nitrogens with one attached hydrogen (secondary N) is 1. The topological polar surface area (TPSA) is 42.2 Å². The first-order valence-electron chi connectivity index (χ1n) is 7.71. The summed E-state index contributed by atoms with van der Waals surface area (Å²) in [6.45, 7) is 2.01.